The number of rotatable bonds is 5. The summed E-state index contributed by atoms with van der Waals surface area (Å²) >= 11 is 0. The van der Waals surface area contributed by atoms with Crippen LogP contribution in [0.2, 0.25) is 0 Å². The molecule has 4 N–H and O–H groups in total. The Morgan fingerprint density at radius 3 is 2.90 bits per heavy atom. The van der Waals surface area contributed by atoms with Crippen molar-refractivity contribution in [1.29, 1.82) is 0 Å². The molecule has 0 fully saturated rings. The Hall–Kier alpha value is -1.97. The van der Waals surface area contributed by atoms with Gasteiger partial charge in [0.15, 0.2) is 13.1 Å². The molecule has 0 amide bonds. The van der Waals surface area contributed by atoms with Gasteiger partial charge in [-0.3, -0.25) is 13.9 Å². The van der Waals surface area contributed by atoms with Crippen LogP contribution in [0.3, 0.4) is 0 Å². The van der Waals surface area contributed by atoms with E-state index in [-0.39, 0.29) is 31.5 Å². The maximum Gasteiger partial charge on any atom is 0.313 e. The lowest BCUT2D eigenvalue weighted by Gasteiger charge is -2.06. The largest absolute Gasteiger partial charge is 0.394 e. The smallest absolute Gasteiger partial charge is 0.313 e. The molecular weight excluding hydrogens is 266 g/mol. The molecule has 0 radical (unpaired) electrons. The molecule has 2 heterocycles. The van der Waals surface area contributed by atoms with E-state index < -0.39 is 6.10 Å². The second-order valence-corrected chi connectivity index (χ2v) is 4.54. The van der Waals surface area contributed by atoms with Crippen LogP contribution < -0.4 is 15.9 Å². The van der Waals surface area contributed by atoms with Crippen molar-refractivity contribution in [3.05, 3.63) is 16.7 Å². The molecule has 0 aliphatic carbocycles. The first kappa shape index (κ1) is 14.4. The molecule has 20 heavy (non-hydrogen) atoms. The number of aliphatic hydroxyl groups is 2. The van der Waals surface area contributed by atoms with Crippen LogP contribution in [0.1, 0.15) is 0 Å². The van der Waals surface area contributed by atoms with Gasteiger partial charge < -0.3 is 20.7 Å². The van der Waals surface area contributed by atoms with Crippen molar-refractivity contribution in [3.63, 3.8) is 0 Å². The summed E-state index contributed by atoms with van der Waals surface area (Å²) in [5, 5.41) is 17.9. The number of aryl methyl sites for hydroxylation is 1. The Morgan fingerprint density at radius 1 is 1.55 bits per heavy atom. The monoisotopic (exact) mass is 284 g/mol. The van der Waals surface area contributed by atoms with E-state index in [1.54, 1.807) is 29.6 Å². The number of aliphatic hydroxyl groups excluding tert-OH is 2. The van der Waals surface area contributed by atoms with Gasteiger partial charge in [-0.25, -0.2) is 4.57 Å². The fourth-order valence-electron chi connectivity index (χ4n) is 1.86. The average Bonchev–Trinajstić information content (AvgIpc) is 2.72. The Balaban J connectivity index is 2.34. The standard InChI is InChI=1S/C11H17N5O4/c1-14-5-16(6-20-4-7(18)3-17)9-8(14)10(19)15(2)11(12)13-9/h5,7,17-18H,3-4,6H2,1-2H3,(H-,12,13,19)/p+1. The van der Waals surface area contributed by atoms with Gasteiger partial charge in [-0.05, 0) is 0 Å². The SMILES string of the molecule is Cn1c(N)nc2c(c1=O)n(C)c[n+]2COCC(O)CO. The number of hydrogen-bond acceptors (Lipinski definition) is 6. The predicted molar refractivity (Wildman–Crippen MR) is 69.6 cm³/mol. The van der Waals surface area contributed by atoms with E-state index in [4.69, 9.17) is 15.6 Å². The van der Waals surface area contributed by atoms with E-state index in [0.717, 1.165) is 0 Å². The van der Waals surface area contributed by atoms with E-state index in [1.807, 2.05) is 0 Å². The van der Waals surface area contributed by atoms with Crippen LogP contribution in [0.4, 0.5) is 5.95 Å². The summed E-state index contributed by atoms with van der Waals surface area (Å²) in [5.74, 6) is 0.109. The van der Waals surface area contributed by atoms with Gasteiger partial charge in [-0.15, -0.1) is 0 Å². The summed E-state index contributed by atoms with van der Waals surface area (Å²) in [7, 11) is 3.27. The molecule has 0 aromatic carbocycles. The van der Waals surface area contributed by atoms with Crippen LogP contribution in [-0.4, -0.2) is 43.6 Å². The third kappa shape index (κ3) is 2.50. The van der Waals surface area contributed by atoms with E-state index >= 15 is 0 Å². The fourth-order valence-corrected chi connectivity index (χ4v) is 1.86. The van der Waals surface area contributed by atoms with Crippen LogP contribution in [0.15, 0.2) is 11.1 Å². The van der Waals surface area contributed by atoms with Crippen LogP contribution in [0, 0.1) is 0 Å². The topological polar surface area (TPSA) is 119 Å². The molecule has 0 aliphatic rings. The van der Waals surface area contributed by atoms with Gasteiger partial charge in [0.2, 0.25) is 5.52 Å². The number of aromatic nitrogens is 4. The zero-order valence-electron chi connectivity index (χ0n) is 11.4. The van der Waals surface area contributed by atoms with Crippen molar-refractivity contribution in [2.75, 3.05) is 18.9 Å². The minimum Gasteiger partial charge on any atom is -0.394 e. The first-order valence-electron chi connectivity index (χ1n) is 6.03. The third-order valence-electron chi connectivity index (χ3n) is 2.97. The Bertz CT molecular complexity index is 677. The van der Waals surface area contributed by atoms with Gasteiger partial charge in [0.05, 0.1) is 20.3 Å². The number of hydrogen-bond donors (Lipinski definition) is 3. The molecule has 0 saturated heterocycles. The van der Waals surface area contributed by atoms with Gasteiger partial charge in [0.25, 0.3) is 5.95 Å². The summed E-state index contributed by atoms with van der Waals surface area (Å²) in [4.78, 5) is 16.3. The lowest BCUT2D eigenvalue weighted by Crippen LogP contribution is -2.37. The zero-order chi connectivity index (χ0) is 14.9. The molecule has 1 unspecified atom stereocenters. The van der Waals surface area contributed by atoms with Crippen molar-refractivity contribution in [1.82, 2.24) is 14.1 Å². The van der Waals surface area contributed by atoms with Crippen LogP contribution in [0.5, 0.6) is 0 Å². The molecule has 0 bridgehead atoms. The van der Waals surface area contributed by atoms with Crippen molar-refractivity contribution in [2.45, 2.75) is 12.8 Å². The highest BCUT2D eigenvalue weighted by Gasteiger charge is 2.21. The summed E-state index contributed by atoms with van der Waals surface area (Å²) in [6, 6.07) is 0. The Labute approximate surface area is 114 Å². The number of nitrogens with zero attached hydrogens (tertiary/aromatic N) is 4. The zero-order valence-corrected chi connectivity index (χ0v) is 11.4. The number of nitrogen functional groups attached to an aromatic ring is 1. The van der Waals surface area contributed by atoms with E-state index in [0.29, 0.717) is 11.2 Å². The molecular formula is C11H18N5O4+. The minimum atomic E-state index is -0.934. The molecule has 110 valence electrons. The fraction of sp³-hybridized carbons (Fsp3) is 0.545. The molecule has 9 nitrogen and oxygen atoms in total. The van der Waals surface area contributed by atoms with Crippen molar-refractivity contribution in [3.8, 4) is 0 Å². The van der Waals surface area contributed by atoms with Crippen LogP contribution in [0.25, 0.3) is 11.2 Å². The molecule has 2 rings (SSSR count). The number of ether oxygens (including phenoxy) is 1. The molecule has 9 heteroatoms. The molecule has 0 saturated carbocycles. The highest BCUT2D eigenvalue weighted by molar-refractivity contribution is 5.67. The lowest BCUT2D eigenvalue weighted by molar-refractivity contribution is -0.711. The summed E-state index contributed by atoms with van der Waals surface area (Å²) in [6.07, 6.45) is 0.723. The van der Waals surface area contributed by atoms with Crippen molar-refractivity contribution < 1.29 is 19.5 Å². The first-order chi connectivity index (χ1) is 9.45. The average molecular weight is 284 g/mol. The van der Waals surface area contributed by atoms with E-state index in [1.165, 1.54) is 4.57 Å². The summed E-state index contributed by atoms with van der Waals surface area (Å²) in [5.41, 5.74) is 6.25. The van der Waals surface area contributed by atoms with Crippen LogP contribution >= 0.6 is 0 Å². The molecule has 2 aromatic rings. The molecule has 0 spiro atoms. The molecule has 1 atom stereocenters. The minimum absolute atomic E-state index is 0.0137. The van der Waals surface area contributed by atoms with Crippen molar-refractivity contribution >= 4 is 17.1 Å². The second-order valence-electron chi connectivity index (χ2n) is 4.54. The van der Waals surface area contributed by atoms with Crippen LogP contribution in [-0.2, 0) is 25.6 Å². The Morgan fingerprint density at radius 2 is 2.25 bits per heavy atom. The van der Waals surface area contributed by atoms with E-state index in [2.05, 4.69) is 4.98 Å². The predicted octanol–water partition coefficient (Wildman–Crippen LogP) is -2.53. The van der Waals surface area contributed by atoms with Gasteiger partial charge >= 0.3 is 11.2 Å². The Kier molecular flexibility index (Phi) is 4.02. The number of nitrogens with two attached hydrogens (primary N) is 1. The molecule has 0 aliphatic heterocycles. The quantitative estimate of drug-likeness (QED) is 0.521. The maximum absolute atomic E-state index is 12.1. The third-order valence-corrected chi connectivity index (χ3v) is 2.97. The van der Waals surface area contributed by atoms with E-state index in [9.17, 15) is 9.90 Å². The van der Waals surface area contributed by atoms with Gasteiger partial charge in [-0.2, -0.15) is 0 Å². The summed E-state index contributed by atoms with van der Waals surface area (Å²) in [6.45, 7) is -0.292. The first-order valence-corrected chi connectivity index (χ1v) is 6.03. The lowest BCUT2D eigenvalue weighted by atomic mass is 10.4. The highest BCUT2D eigenvalue weighted by atomic mass is 16.5. The number of anilines is 1. The molecule has 2 aromatic heterocycles. The summed E-state index contributed by atoms with van der Waals surface area (Å²) < 4.78 is 9.76. The highest BCUT2D eigenvalue weighted by Crippen LogP contribution is 2.04. The van der Waals surface area contributed by atoms with Gasteiger partial charge in [-0.1, -0.05) is 4.98 Å². The normalized spacial score (nSPS) is 13.0. The second kappa shape index (κ2) is 5.57. The number of imidazole rings is 1. The van der Waals surface area contributed by atoms with Gasteiger partial charge in [0, 0.05) is 7.05 Å². The number of fused-ring (bicyclic) bond motifs is 1. The maximum atomic E-state index is 12.1. The van der Waals surface area contributed by atoms with Crippen molar-refractivity contribution in [2.24, 2.45) is 14.1 Å². The van der Waals surface area contributed by atoms with Gasteiger partial charge in [0.1, 0.15) is 6.10 Å².